The van der Waals surface area contributed by atoms with Crippen LogP contribution in [0.5, 0.6) is 0 Å². The zero-order chi connectivity index (χ0) is 88.3. The summed E-state index contributed by atoms with van der Waals surface area (Å²) >= 11 is 8.86. The number of aromatic amines is 2. The van der Waals surface area contributed by atoms with Crippen molar-refractivity contribution in [2.75, 3.05) is 38.6 Å². The third-order valence-electron chi connectivity index (χ3n) is 20.4. The lowest BCUT2D eigenvalue weighted by Gasteiger charge is -2.31. The lowest BCUT2D eigenvalue weighted by Crippen LogP contribution is -2.61. The number of thiol groups is 2. The number of nitrogens with one attached hydrogen (secondary N) is 13. The number of H-pyrrole nitrogens is 2. The van der Waals surface area contributed by atoms with Crippen LogP contribution in [0.25, 0.3) is 10.9 Å². The average Bonchev–Trinajstić information content (AvgIpc) is 1.49. The van der Waals surface area contributed by atoms with Gasteiger partial charge < -0.3 is 112 Å². The molecule has 4 aromatic rings. The van der Waals surface area contributed by atoms with Crippen molar-refractivity contribution in [3.63, 3.8) is 0 Å². The number of rotatable bonds is 58. The maximum atomic E-state index is 14.9. The number of guanidine groups is 1. The predicted molar refractivity (Wildman–Crippen MR) is 456 cm³/mol. The van der Waals surface area contributed by atoms with Crippen LogP contribution >= 0.6 is 25.3 Å². The quantitative estimate of drug-likeness (QED) is 0.0113. The lowest BCUT2D eigenvalue weighted by molar-refractivity contribution is -0.142. The second-order valence-electron chi connectivity index (χ2n) is 30.8. The van der Waals surface area contributed by atoms with Gasteiger partial charge in [0, 0.05) is 85.4 Å². The maximum Gasteiger partial charge on any atom is 0.245 e. The predicted octanol–water partition coefficient (Wildman–Crippen LogP) is -0.666. The van der Waals surface area contributed by atoms with Crippen molar-refractivity contribution in [3.05, 3.63) is 90.1 Å². The van der Waals surface area contributed by atoms with Gasteiger partial charge in [0.15, 0.2) is 5.96 Å². The number of benzene rings is 2. The number of β-amino-alcohol motifs (C(OH)–C–C–N with tert-alkyl or cyclic N) is 1. The zero-order valence-electron chi connectivity index (χ0n) is 69.1. The highest BCUT2D eigenvalue weighted by Crippen LogP contribution is 2.24. The summed E-state index contributed by atoms with van der Waals surface area (Å²) in [6, 6.07) is -1.31. The van der Waals surface area contributed by atoms with Crippen LogP contribution in [-0.2, 0) is 86.4 Å². The van der Waals surface area contributed by atoms with Crippen molar-refractivity contribution >= 4 is 125 Å². The van der Waals surface area contributed by atoms with Gasteiger partial charge in [-0.2, -0.15) is 25.3 Å². The van der Waals surface area contributed by atoms with Crippen molar-refractivity contribution in [1.29, 1.82) is 0 Å². The first-order valence-corrected chi connectivity index (χ1v) is 42.4. The van der Waals surface area contributed by atoms with Crippen LogP contribution in [0.1, 0.15) is 192 Å². The van der Waals surface area contributed by atoms with Crippen molar-refractivity contribution in [2.24, 2.45) is 27.9 Å². The number of hydrogen-bond acceptors (Lipinski definition) is 21. The summed E-state index contributed by atoms with van der Waals surface area (Å²) in [6.45, 7) is 4.07. The van der Waals surface area contributed by atoms with Crippen molar-refractivity contribution in [2.45, 2.75) is 272 Å². The van der Waals surface area contributed by atoms with E-state index in [1.807, 2.05) is 12.1 Å². The summed E-state index contributed by atoms with van der Waals surface area (Å²) in [5.74, 6) is -13.1. The van der Waals surface area contributed by atoms with Gasteiger partial charge in [-0.05, 0) is 75.3 Å². The molecule has 37 nitrogen and oxygen atoms in total. The fourth-order valence-corrected chi connectivity index (χ4v) is 14.2. The van der Waals surface area contributed by atoms with Gasteiger partial charge in [0.2, 0.25) is 82.7 Å². The standard InChI is InChI=1S/C81H126N20O17S2/c1-5-7-9-10-11-12-13-14-15-16-17-18-22-32-66(106)89-44-67(107)91-62(46-102)76(115)94-57(33-34-65(82)105)72(111)97-61(40-51-43-86-48-90-51)74(113)99-63(47-103)77(116)93-55(29-8-6-2)70(109)95-58(35-37-119)79(118)101-45-52(104)41-64(101)78(117)98-59(38-49-26-20-19-21-27-49)73(112)92-56(31-25-36-87-80(84)85)71(110)96-60(75(114)100-68(69(83)108)81(3,4)120)39-50-42-88-54-30-24-23-28-53(50)54/h19-21,23-24,26-28,30,42-43,48,52,55-64,68,88,102-104,119-120H,5-18,22,25,29,31-41,44-47H2,1-4H3,(H2,82,105)(H2,83,108)(H,86,90)(H,89,106)(H,91,107)(H,92,112)(H,93,116)(H,94,115)(H,95,109)(H,96,110)(H,97,111)(H,98,117)(H,99,113)(H,100,114)(H4,84,85,87)/t52-,55+,56+,57+,58+,59-,60+,61+,62+,63+,64+,68-/m1/s1. The minimum absolute atomic E-state index is 0.00768. The molecule has 1 aliphatic rings. The third-order valence-corrected chi connectivity index (χ3v) is 20.9. The minimum atomic E-state index is -1.84. The first kappa shape index (κ1) is 100. The number of aromatic nitrogens is 3. The van der Waals surface area contributed by atoms with Crippen LogP contribution in [0.15, 0.2) is 78.3 Å². The van der Waals surface area contributed by atoms with Crippen LogP contribution in [0, 0.1) is 0 Å². The Morgan fingerprint density at radius 1 is 0.542 bits per heavy atom. The molecule has 39 heteroatoms. The molecule has 2 aromatic heterocycles. The molecule has 14 amide bonds. The monoisotopic (exact) mass is 1710 g/mol. The number of amides is 14. The summed E-state index contributed by atoms with van der Waals surface area (Å²) in [5.41, 5.74) is 24.6. The van der Waals surface area contributed by atoms with Crippen LogP contribution in [0.4, 0.5) is 0 Å². The molecule has 0 radical (unpaired) electrons. The van der Waals surface area contributed by atoms with E-state index in [9.17, 15) is 82.4 Å². The van der Waals surface area contributed by atoms with Gasteiger partial charge >= 0.3 is 0 Å². The molecule has 1 saturated heterocycles. The SMILES string of the molecule is CCCCCCCCCCCCCCCC(=O)NCC(=O)N[C@@H](CO)C(=O)N[C@@H](CCC(N)=O)C(=O)N[C@@H](Cc1cnc[nH]1)C(=O)N[C@@H](CO)C(=O)N[C@@H](CCCC)C(=O)N[C@@H](CCS)C(=O)N1C[C@H](O)C[C@H]1C(=O)N[C@H](Cc1ccccc1)C(=O)N[C@@H](CCCN=C(N)N)C(=O)N[C@@H](Cc1c[nH]c2ccccc12)C(=O)N[C@H](C(N)=O)C(C)(C)S. The van der Waals surface area contributed by atoms with E-state index in [0.29, 0.717) is 30.4 Å². The average molecular weight is 1720 g/mol. The molecular weight excluding hydrogens is 1590 g/mol. The molecule has 0 saturated carbocycles. The first-order valence-electron chi connectivity index (χ1n) is 41.3. The topological polar surface area (TPSA) is 596 Å². The van der Waals surface area contributed by atoms with Crippen LogP contribution < -0.4 is 81.4 Å². The second kappa shape index (κ2) is 53.3. The van der Waals surface area contributed by atoms with E-state index < -0.39 is 199 Å². The van der Waals surface area contributed by atoms with Gasteiger partial charge in [0.1, 0.15) is 66.5 Å². The molecule has 0 aliphatic carbocycles. The Hall–Kier alpha value is -10.4. The molecule has 0 unspecified atom stereocenters. The van der Waals surface area contributed by atoms with Crippen LogP contribution in [-0.4, -0.2) is 240 Å². The Balaban J connectivity index is 1.28. The maximum absolute atomic E-state index is 14.9. The van der Waals surface area contributed by atoms with Gasteiger partial charge in [0.05, 0.1) is 32.2 Å². The number of aliphatic hydroxyl groups is 3. The molecule has 3 heterocycles. The smallest absolute Gasteiger partial charge is 0.245 e. The summed E-state index contributed by atoms with van der Waals surface area (Å²) in [4.78, 5) is 210. The molecule has 2 aromatic carbocycles. The Morgan fingerprint density at radius 2 is 1.03 bits per heavy atom. The fraction of sp³-hybridized carbons (Fsp3) is 0.605. The number of carbonyl (C=O) groups excluding carboxylic acids is 14. The highest BCUT2D eigenvalue weighted by molar-refractivity contribution is 7.81. The number of fused-ring (bicyclic) bond motifs is 1. The Morgan fingerprint density at radius 3 is 1.57 bits per heavy atom. The number of para-hydroxylation sites is 1. The molecule has 0 bridgehead atoms. The van der Waals surface area contributed by atoms with E-state index in [1.165, 1.54) is 63.9 Å². The molecule has 1 fully saturated rings. The molecule has 120 heavy (non-hydrogen) atoms. The number of nitrogens with two attached hydrogens (primary N) is 4. The van der Waals surface area contributed by atoms with E-state index in [-0.39, 0.29) is 81.7 Å². The number of likely N-dealkylation sites (tertiary alicyclic amines) is 1. The number of carbonyl (C=O) groups is 14. The van der Waals surface area contributed by atoms with Gasteiger partial charge in [-0.3, -0.25) is 72.1 Å². The summed E-state index contributed by atoms with van der Waals surface area (Å²) in [5, 5.41) is 61.0. The van der Waals surface area contributed by atoms with E-state index in [2.05, 4.69) is 111 Å². The molecular formula is C81H126N20O17S2. The molecule has 5 rings (SSSR count). The molecule has 24 N–H and O–H groups in total. The number of aliphatic imine (C=N–C) groups is 1. The normalized spacial score (nSPS) is 15.7. The van der Waals surface area contributed by atoms with E-state index in [1.54, 1.807) is 69.4 Å². The van der Waals surface area contributed by atoms with E-state index in [4.69, 9.17) is 22.9 Å². The summed E-state index contributed by atoms with van der Waals surface area (Å²) < 4.78 is -1.17. The molecule has 12 atom stereocenters. The number of imidazole rings is 1. The minimum Gasteiger partial charge on any atom is -0.394 e. The number of hydrogen-bond donors (Lipinski definition) is 22. The number of aliphatic hydroxyl groups excluding tert-OH is 3. The van der Waals surface area contributed by atoms with Gasteiger partial charge in [0.25, 0.3) is 0 Å². The zero-order valence-corrected chi connectivity index (χ0v) is 70.9. The fourth-order valence-electron chi connectivity index (χ4n) is 13.7. The number of nitrogens with zero attached hydrogens (tertiary/aromatic N) is 3. The van der Waals surface area contributed by atoms with Gasteiger partial charge in [-0.25, -0.2) is 4.98 Å². The summed E-state index contributed by atoms with van der Waals surface area (Å²) in [7, 11) is 0. The summed E-state index contributed by atoms with van der Waals surface area (Å²) in [6.07, 6.45) is 16.2. The molecule has 0 spiro atoms. The Bertz CT molecular complexity index is 4000. The van der Waals surface area contributed by atoms with Crippen molar-refractivity contribution in [3.8, 4) is 0 Å². The van der Waals surface area contributed by atoms with Gasteiger partial charge in [-0.1, -0.05) is 152 Å². The van der Waals surface area contributed by atoms with E-state index in [0.717, 1.165) is 41.5 Å². The van der Waals surface area contributed by atoms with E-state index >= 15 is 0 Å². The molecule has 664 valence electrons. The number of primary amides is 2. The second-order valence-corrected chi connectivity index (χ2v) is 32.4. The van der Waals surface area contributed by atoms with Crippen LogP contribution in [0.3, 0.4) is 0 Å². The first-order chi connectivity index (χ1) is 57.3. The van der Waals surface area contributed by atoms with Crippen LogP contribution in [0.2, 0.25) is 0 Å². The molecule has 1 aliphatic heterocycles. The third kappa shape index (κ3) is 35.5. The van der Waals surface area contributed by atoms with Crippen molar-refractivity contribution < 1.29 is 82.4 Å². The largest absolute Gasteiger partial charge is 0.394 e. The van der Waals surface area contributed by atoms with Crippen molar-refractivity contribution in [1.82, 2.24) is 78.3 Å². The highest BCUT2D eigenvalue weighted by atomic mass is 32.1. The van der Waals surface area contributed by atoms with Gasteiger partial charge in [-0.15, -0.1) is 0 Å². The Kier molecular flexibility index (Phi) is 44.5. The highest BCUT2D eigenvalue weighted by Gasteiger charge is 2.44. The lowest BCUT2D eigenvalue weighted by atomic mass is 9.99. The Labute approximate surface area is 710 Å². The number of unbranched alkanes of at least 4 members (excludes halogenated alkanes) is 13.